The summed E-state index contributed by atoms with van der Waals surface area (Å²) in [5, 5.41) is 16.3. The predicted octanol–water partition coefficient (Wildman–Crippen LogP) is 10.5. The van der Waals surface area contributed by atoms with E-state index in [9.17, 15) is 0 Å². The van der Waals surface area contributed by atoms with Gasteiger partial charge >= 0.3 is 0 Å². The molecular weight excluding hydrogens is 613 g/mol. The van der Waals surface area contributed by atoms with Crippen LogP contribution in [-0.4, -0.2) is 90.5 Å². The Kier molecular flexibility index (Phi) is 62.7. The highest BCUT2D eigenvalue weighted by Gasteiger charge is 2.01. The lowest BCUT2D eigenvalue weighted by atomic mass is 10.2. The maximum absolute atomic E-state index is 3.28. The fraction of sp³-hybridized carbons (Fsp3) is 1.00. The normalized spacial score (nSPS) is 18.2. The van der Waals surface area contributed by atoms with Crippen LogP contribution in [0.15, 0.2) is 0 Å². The second-order valence-corrected chi connectivity index (χ2v) is 17.6. The van der Waals surface area contributed by atoms with E-state index < -0.39 is 0 Å². The molecule has 6 nitrogen and oxygen atoms in total. The van der Waals surface area contributed by atoms with Crippen molar-refractivity contribution < 1.29 is 0 Å². The lowest BCUT2D eigenvalue weighted by molar-refractivity contribution is 0.291. The Morgan fingerprint density at radius 3 is 0.480 bits per heavy atom. The molecular formula is C44H104N6. The third kappa shape index (κ3) is 110. The molecule has 0 saturated carbocycles. The highest BCUT2D eigenvalue weighted by atomic mass is 15.2. The predicted molar refractivity (Wildman–Crippen MR) is 235 cm³/mol. The minimum absolute atomic E-state index is 0.833. The smallest absolute Gasteiger partial charge is 0.0104 e. The number of likely N-dealkylation sites (N-methyl/N-ethyl adjacent to an activating group) is 1. The van der Waals surface area contributed by atoms with Gasteiger partial charge in [0.1, 0.15) is 0 Å². The Balaban J connectivity index is -0.000000151. The molecule has 0 aromatic rings. The summed E-state index contributed by atoms with van der Waals surface area (Å²) in [5.41, 5.74) is 0. The first-order valence-electron chi connectivity index (χ1n) is 21.8. The number of hydrogen-bond acceptors (Lipinski definition) is 6. The monoisotopic (exact) mass is 717 g/mol. The van der Waals surface area contributed by atoms with E-state index in [0.29, 0.717) is 0 Å². The summed E-state index contributed by atoms with van der Waals surface area (Å²) in [6.07, 6.45) is 15.4. The van der Waals surface area contributed by atoms with Gasteiger partial charge in [-0.15, -0.1) is 0 Å². The molecule has 0 bridgehead atoms. The van der Waals surface area contributed by atoms with E-state index in [1.54, 1.807) is 0 Å². The van der Waals surface area contributed by atoms with Gasteiger partial charge in [0.05, 0.1) is 0 Å². The van der Waals surface area contributed by atoms with Crippen LogP contribution in [0.1, 0.15) is 174 Å². The van der Waals surface area contributed by atoms with Crippen molar-refractivity contribution in [2.75, 3.05) is 85.6 Å². The molecule has 0 aromatic heterocycles. The van der Waals surface area contributed by atoms with Gasteiger partial charge in [-0.05, 0) is 140 Å². The summed E-state index contributed by atoms with van der Waals surface area (Å²) >= 11 is 0. The van der Waals surface area contributed by atoms with E-state index in [4.69, 9.17) is 0 Å². The Labute approximate surface area is 320 Å². The Morgan fingerprint density at radius 2 is 0.400 bits per heavy atom. The summed E-state index contributed by atoms with van der Waals surface area (Å²) in [5.74, 6) is 4.17. The maximum atomic E-state index is 3.28. The second-order valence-electron chi connectivity index (χ2n) is 17.6. The van der Waals surface area contributed by atoms with Gasteiger partial charge in [-0.3, -0.25) is 0 Å². The largest absolute Gasteiger partial charge is 0.317 e. The number of hydrogen-bond donors (Lipinski definition) is 5. The summed E-state index contributed by atoms with van der Waals surface area (Å²) in [6.45, 7) is 47.2. The number of nitrogens with zero attached hydrogens (tertiary/aromatic N) is 1. The molecule has 5 heterocycles. The Bertz CT molecular complexity index is 383. The molecule has 0 radical (unpaired) electrons. The number of piperidine rings is 3. The first-order valence-corrected chi connectivity index (χ1v) is 21.8. The Morgan fingerprint density at radius 1 is 0.260 bits per heavy atom. The van der Waals surface area contributed by atoms with Crippen molar-refractivity contribution in [3.05, 3.63) is 0 Å². The summed E-state index contributed by atoms with van der Waals surface area (Å²) in [4.78, 5) is 2.33. The van der Waals surface area contributed by atoms with Crippen LogP contribution in [0.4, 0.5) is 0 Å². The lowest BCUT2D eigenvalue weighted by Crippen LogP contribution is -2.40. The van der Waals surface area contributed by atoms with Crippen molar-refractivity contribution in [1.29, 1.82) is 0 Å². The van der Waals surface area contributed by atoms with Crippen molar-refractivity contribution in [2.45, 2.75) is 174 Å². The topological polar surface area (TPSA) is 63.4 Å². The molecule has 5 rings (SSSR count). The highest BCUT2D eigenvalue weighted by molar-refractivity contribution is 4.62. The van der Waals surface area contributed by atoms with Gasteiger partial charge in [0.15, 0.2) is 0 Å². The fourth-order valence-corrected chi connectivity index (χ4v) is 3.81. The molecule has 0 spiro atoms. The minimum atomic E-state index is 0.833. The van der Waals surface area contributed by atoms with Crippen LogP contribution in [0.25, 0.3) is 0 Å². The van der Waals surface area contributed by atoms with Crippen molar-refractivity contribution >= 4 is 0 Å². The van der Waals surface area contributed by atoms with Gasteiger partial charge in [0, 0.05) is 26.2 Å². The van der Waals surface area contributed by atoms with Gasteiger partial charge in [-0.1, -0.05) is 123 Å². The summed E-state index contributed by atoms with van der Waals surface area (Å²) in [7, 11) is 2.15. The fourth-order valence-electron chi connectivity index (χ4n) is 3.81. The molecule has 0 amide bonds. The Hall–Kier alpha value is -0.240. The van der Waals surface area contributed by atoms with Crippen LogP contribution < -0.4 is 26.6 Å². The van der Waals surface area contributed by atoms with Crippen LogP contribution in [-0.2, 0) is 0 Å². The van der Waals surface area contributed by atoms with Crippen molar-refractivity contribution in [3.8, 4) is 0 Å². The average Bonchev–Trinajstić information content (AvgIpc) is 3.65. The molecule has 0 aromatic carbocycles. The maximum Gasteiger partial charge on any atom is 0.0104 e. The van der Waals surface area contributed by atoms with E-state index >= 15 is 0 Å². The van der Waals surface area contributed by atoms with E-state index in [-0.39, 0.29) is 0 Å². The van der Waals surface area contributed by atoms with E-state index in [0.717, 1.165) is 42.7 Å². The lowest BCUT2D eigenvalue weighted by Gasteiger charge is -2.21. The molecule has 5 N–H and O–H groups in total. The summed E-state index contributed by atoms with van der Waals surface area (Å²) < 4.78 is 0. The van der Waals surface area contributed by atoms with E-state index in [2.05, 4.69) is 142 Å². The molecule has 5 fully saturated rings. The zero-order valence-electron chi connectivity index (χ0n) is 38.1. The van der Waals surface area contributed by atoms with Crippen molar-refractivity contribution in [3.63, 3.8) is 0 Å². The van der Waals surface area contributed by atoms with Crippen molar-refractivity contribution in [2.24, 2.45) is 29.6 Å². The standard InChI is InChI=1S/C5H12N2.3C5H11N.C4H9N.5C4H10/c1-7-4-2-6-3-5-7;3*1-2-4-6-5-3-1;1-2-4-5-3-1;5*1-4(2)3/h6H,2-5H2,1H3;3*6H,1-5H2;5H,1-4H2;5*4H,1-3H3. The van der Waals surface area contributed by atoms with Crippen LogP contribution >= 0.6 is 0 Å². The zero-order valence-corrected chi connectivity index (χ0v) is 38.1. The number of rotatable bonds is 0. The van der Waals surface area contributed by atoms with Gasteiger partial charge < -0.3 is 31.5 Å². The second kappa shape index (κ2) is 53.1. The third-order valence-corrected chi connectivity index (χ3v) is 5.92. The molecule has 5 aliphatic rings. The summed E-state index contributed by atoms with van der Waals surface area (Å²) in [6, 6.07) is 0. The van der Waals surface area contributed by atoms with E-state index in [1.807, 2.05) is 0 Å². The van der Waals surface area contributed by atoms with Crippen LogP contribution in [0.5, 0.6) is 0 Å². The molecule has 0 unspecified atom stereocenters. The number of nitrogens with one attached hydrogen (secondary N) is 5. The van der Waals surface area contributed by atoms with Crippen LogP contribution in [0.3, 0.4) is 0 Å². The molecule has 5 aliphatic heterocycles. The molecule has 310 valence electrons. The third-order valence-electron chi connectivity index (χ3n) is 5.92. The molecule has 50 heavy (non-hydrogen) atoms. The van der Waals surface area contributed by atoms with Crippen molar-refractivity contribution in [1.82, 2.24) is 31.5 Å². The molecule has 0 atom stereocenters. The average molecular weight is 717 g/mol. The van der Waals surface area contributed by atoms with Gasteiger partial charge in [-0.2, -0.15) is 0 Å². The SMILES string of the molecule is C1CCNC1.C1CCNCC1.C1CCNCC1.C1CCNCC1.CC(C)C.CC(C)C.CC(C)C.CC(C)C.CC(C)C.CN1CCNCC1. The van der Waals surface area contributed by atoms with E-state index in [1.165, 1.54) is 136 Å². The molecule has 6 heteroatoms. The van der Waals surface area contributed by atoms with Gasteiger partial charge in [0.2, 0.25) is 0 Å². The van der Waals surface area contributed by atoms with Crippen LogP contribution in [0.2, 0.25) is 0 Å². The van der Waals surface area contributed by atoms with Gasteiger partial charge in [0.25, 0.3) is 0 Å². The highest BCUT2D eigenvalue weighted by Crippen LogP contribution is 1.98. The number of piperazine rings is 1. The molecule has 0 aliphatic carbocycles. The van der Waals surface area contributed by atoms with Gasteiger partial charge in [-0.25, -0.2) is 0 Å². The first-order chi connectivity index (χ1) is 23.6. The quantitative estimate of drug-likeness (QED) is 0.172. The minimum Gasteiger partial charge on any atom is -0.317 e. The van der Waals surface area contributed by atoms with Crippen LogP contribution in [0, 0.1) is 29.6 Å². The zero-order chi connectivity index (χ0) is 39.3. The molecule has 5 saturated heterocycles. The first kappa shape index (κ1) is 59.1.